The normalized spacial score (nSPS) is 25.3. The monoisotopic (exact) mass is 238 g/mol. The molecule has 0 aromatic heterocycles. The summed E-state index contributed by atoms with van der Waals surface area (Å²) in [5.74, 6) is 0.757. The smallest absolute Gasteiger partial charge is 0.154 e. The van der Waals surface area contributed by atoms with Gasteiger partial charge in [0.1, 0.15) is 5.82 Å². The average Bonchev–Trinajstić information content (AvgIpc) is 2.21. The lowest BCUT2D eigenvalue weighted by molar-refractivity contribution is 0.477. The van der Waals surface area contributed by atoms with E-state index >= 15 is 0 Å². The first-order valence-electron chi connectivity index (χ1n) is 5.26. The third-order valence-electron chi connectivity index (χ3n) is 2.99. The molecule has 1 atom stereocenters. The van der Waals surface area contributed by atoms with E-state index in [1.165, 1.54) is 0 Å². The van der Waals surface area contributed by atoms with Crippen molar-refractivity contribution in [1.29, 1.82) is 0 Å². The summed E-state index contributed by atoms with van der Waals surface area (Å²) in [4.78, 5) is 4.45. The summed E-state index contributed by atoms with van der Waals surface area (Å²) >= 11 is 1.56. The van der Waals surface area contributed by atoms with Crippen molar-refractivity contribution < 1.29 is 4.39 Å². The zero-order chi connectivity index (χ0) is 11.8. The number of benzene rings is 1. The molecule has 0 aliphatic carbocycles. The lowest BCUT2D eigenvalue weighted by Crippen LogP contribution is -2.28. The second kappa shape index (κ2) is 4.09. The Balaban J connectivity index is 2.43. The van der Waals surface area contributed by atoms with Crippen molar-refractivity contribution in [2.75, 3.05) is 5.75 Å². The van der Waals surface area contributed by atoms with Crippen LogP contribution < -0.4 is 5.73 Å². The van der Waals surface area contributed by atoms with Crippen LogP contribution in [-0.2, 0) is 5.54 Å². The molecule has 2 nitrogen and oxygen atoms in total. The number of amidine groups is 1. The van der Waals surface area contributed by atoms with Gasteiger partial charge >= 0.3 is 0 Å². The maximum Gasteiger partial charge on any atom is 0.154 e. The third kappa shape index (κ3) is 2.07. The average molecular weight is 238 g/mol. The topological polar surface area (TPSA) is 38.4 Å². The summed E-state index contributed by atoms with van der Waals surface area (Å²) in [5.41, 5.74) is 6.93. The number of aryl methyl sites for hydroxylation is 1. The van der Waals surface area contributed by atoms with E-state index in [0.717, 1.165) is 17.7 Å². The summed E-state index contributed by atoms with van der Waals surface area (Å²) in [5, 5.41) is 0.592. The molecule has 0 saturated carbocycles. The van der Waals surface area contributed by atoms with Crippen molar-refractivity contribution in [2.24, 2.45) is 10.7 Å². The highest BCUT2D eigenvalue weighted by Crippen LogP contribution is 2.35. The van der Waals surface area contributed by atoms with Crippen molar-refractivity contribution in [2.45, 2.75) is 25.8 Å². The molecule has 1 aliphatic rings. The van der Waals surface area contributed by atoms with Gasteiger partial charge in [0.25, 0.3) is 0 Å². The largest absolute Gasteiger partial charge is 0.379 e. The van der Waals surface area contributed by atoms with Crippen LogP contribution in [0, 0.1) is 12.7 Å². The van der Waals surface area contributed by atoms with E-state index in [-0.39, 0.29) is 11.4 Å². The first-order chi connectivity index (χ1) is 7.51. The Bertz CT molecular complexity index is 445. The SMILES string of the molecule is Cc1ccc(C2(C)CCSC(N)=N2)cc1F. The van der Waals surface area contributed by atoms with Crippen LogP contribution in [0.4, 0.5) is 4.39 Å². The molecule has 1 aliphatic heterocycles. The molecule has 1 aromatic carbocycles. The van der Waals surface area contributed by atoms with Crippen molar-refractivity contribution in [3.63, 3.8) is 0 Å². The molecule has 4 heteroatoms. The molecule has 86 valence electrons. The van der Waals surface area contributed by atoms with Gasteiger partial charge in [0, 0.05) is 5.75 Å². The second-order valence-electron chi connectivity index (χ2n) is 4.29. The van der Waals surface area contributed by atoms with Crippen LogP contribution in [0.3, 0.4) is 0 Å². The Morgan fingerprint density at radius 3 is 2.88 bits per heavy atom. The van der Waals surface area contributed by atoms with Gasteiger partial charge in [-0.25, -0.2) is 4.39 Å². The third-order valence-corrected chi connectivity index (χ3v) is 3.78. The Morgan fingerprint density at radius 2 is 2.25 bits per heavy atom. The molecular weight excluding hydrogens is 223 g/mol. The molecular formula is C12H15FN2S. The van der Waals surface area contributed by atoms with E-state index in [4.69, 9.17) is 5.73 Å². The zero-order valence-corrected chi connectivity index (χ0v) is 10.3. The van der Waals surface area contributed by atoms with Crippen molar-refractivity contribution in [3.05, 3.63) is 35.1 Å². The van der Waals surface area contributed by atoms with E-state index in [1.54, 1.807) is 30.8 Å². The fourth-order valence-corrected chi connectivity index (χ4v) is 2.80. The number of rotatable bonds is 1. The van der Waals surface area contributed by atoms with E-state index < -0.39 is 0 Å². The fourth-order valence-electron chi connectivity index (χ4n) is 1.82. The summed E-state index contributed by atoms with van der Waals surface area (Å²) in [7, 11) is 0. The molecule has 2 rings (SSSR count). The van der Waals surface area contributed by atoms with E-state index in [2.05, 4.69) is 4.99 Å². The van der Waals surface area contributed by atoms with Crippen molar-refractivity contribution in [1.82, 2.24) is 0 Å². The molecule has 0 saturated heterocycles. The highest BCUT2D eigenvalue weighted by molar-refractivity contribution is 8.13. The van der Waals surface area contributed by atoms with Gasteiger partial charge in [0.15, 0.2) is 5.17 Å². The van der Waals surface area contributed by atoms with Gasteiger partial charge in [-0.15, -0.1) is 0 Å². The summed E-state index contributed by atoms with van der Waals surface area (Å²) in [6.07, 6.45) is 0.890. The number of hydrogen-bond acceptors (Lipinski definition) is 3. The highest BCUT2D eigenvalue weighted by Gasteiger charge is 2.29. The van der Waals surface area contributed by atoms with E-state index in [0.29, 0.717) is 10.7 Å². The first kappa shape index (κ1) is 11.5. The standard InChI is InChI=1S/C12H15FN2S/c1-8-3-4-9(7-10(8)13)12(2)5-6-16-11(14)15-12/h3-4,7H,5-6H2,1-2H3,(H2,14,15). The van der Waals surface area contributed by atoms with Gasteiger partial charge in [-0.2, -0.15) is 0 Å². The Labute approximate surface area is 99.1 Å². The van der Waals surface area contributed by atoms with Crippen LogP contribution >= 0.6 is 11.8 Å². The molecule has 1 unspecified atom stereocenters. The predicted octanol–water partition coefficient (Wildman–Crippen LogP) is 2.80. The summed E-state index contributed by atoms with van der Waals surface area (Å²) in [6, 6.07) is 5.30. The van der Waals surface area contributed by atoms with E-state index in [1.807, 2.05) is 13.0 Å². The van der Waals surface area contributed by atoms with Crippen LogP contribution in [0.15, 0.2) is 23.2 Å². The molecule has 1 heterocycles. The maximum atomic E-state index is 13.5. The molecule has 2 N–H and O–H groups in total. The summed E-state index contributed by atoms with van der Waals surface area (Å²) < 4.78 is 13.5. The van der Waals surface area contributed by atoms with Crippen molar-refractivity contribution >= 4 is 16.9 Å². The van der Waals surface area contributed by atoms with Crippen molar-refractivity contribution in [3.8, 4) is 0 Å². The number of nitrogens with zero attached hydrogens (tertiary/aromatic N) is 1. The second-order valence-corrected chi connectivity index (χ2v) is 5.40. The predicted molar refractivity (Wildman–Crippen MR) is 67.2 cm³/mol. The van der Waals surface area contributed by atoms with Crippen LogP contribution in [0.1, 0.15) is 24.5 Å². The molecule has 0 spiro atoms. The van der Waals surface area contributed by atoms with Crippen LogP contribution in [0.2, 0.25) is 0 Å². The van der Waals surface area contributed by atoms with Crippen LogP contribution in [0.5, 0.6) is 0 Å². The zero-order valence-electron chi connectivity index (χ0n) is 9.46. The highest BCUT2D eigenvalue weighted by atomic mass is 32.2. The molecule has 0 bridgehead atoms. The minimum atomic E-state index is -0.371. The Hall–Kier alpha value is -1.03. The van der Waals surface area contributed by atoms with Gasteiger partial charge in [-0.1, -0.05) is 23.9 Å². The quantitative estimate of drug-likeness (QED) is 0.817. The van der Waals surface area contributed by atoms with Crippen LogP contribution in [0.25, 0.3) is 0 Å². The van der Waals surface area contributed by atoms with Gasteiger partial charge < -0.3 is 5.73 Å². The lowest BCUT2D eigenvalue weighted by Gasteiger charge is -2.29. The lowest BCUT2D eigenvalue weighted by atomic mass is 9.89. The van der Waals surface area contributed by atoms with Gasteiger partial charge in [-0.05, 0) is 37.5 Å². The number of nitrogens with two attached hydrogens (primary N) is 1. The Kier molecular flexibility index (Phi) is 2.93. The molecule has 0 amide bonds. The maximum absolute atomic E-state index is 13.5. The number of hydrogen-bond donors (Lipinski definition) is 1. The Morgan fingerprint density at radius 1 is 1.50 bits per heavy atom. The van der Waals surface area contributed by atoms with Gasteiger partial charge in [-0.3, -0.25) is 4.99 Å². The molecule has 1 aromatic rings. The minimum Gasteiger partial charge on any atom is -0.379 e. The fraction of sp³-hybridized carbons (Fsp3) is 0.417. The number of aliphatic imine (C=N–C) groups is 1. The van der Waals surface area contributed by atoms with Crippen LogP contribution in [-0.4, -0.2) is 10.9 Å². The molecule has 16 heavy (non-hydrogen) atoms. The number of halogens is 1. The summed E-state index contributed by atoms with van der Waals surface area (Å²) in [6.45, 7) is 3.76. The van der Waals surface area contributed by atoms with E-state index in [9.17, 15) is 4.39 Å². The van der Waals surface area contributed by atoms with Gasteiger partial charge in [0.05, 0.1) is 5.54 Å². The molecule has 0 radical (unpaired) electrons. The number of thioether (sulfide) groups is 1. The minimum absolute atomic E-state index is 0.175. The van der Waals surface area contributed by atoms with Gasteiger partial charge in [0.2, 0.25) is 0 Å². The first-order valence-corrected chi connectivity index (χ1v) is 6.24. The molecule has 0 fully saturated rings.